The number of nitrogens with one attached hydrogen (secondary N) is 2. The fourth-order valence-electron chi connectivity index (χ4n) is 2.57. The molecule has 0 saturated heterocycles. The van der Waals surface area contributed by atoms with E-state index >= 15 is 0 Å². The van der Waals surface area contributed by atoms with Gasteiger partial charge in [-0.1, -0.05) is 0 Å². The van der Waals surface area contributed by atoms with Crippen LogP contribution in [0.3, 0.4) is 0 Å². The maximum Gasteiger partial charge on any atom is 0.217 e. The van der Waals surface area contributed by atoms with Gasteiger partial charge in [0, 0.05) is 33.8 Å². The van der Waals surface area contributed by atoms with E-state index < -0.39 is 0 Å². The number of aryl methyl sites for hydroxylation is 1. The fourth-order valence-corrected chi connectivity index (χ4v) is 5.09. The van der Waals surface area contributed by atoms with Crippen molar-refractivity contribution in [1.82, 2.24) is 15.3 Å². The predicted octanol–water partition coefficient (Wildman–Crippen LogP) is 5.68. The van der Waals surface area contributed by atoms with E-state index in [2.05, 4.69) is 39.2 Å². The van der Waals surface area contributed by atoms with Gasteiger partial charge in [-0.25, -0.2) is 9.97 Å². The maximum absolute atomic E-state index is 11.1. The lowest BCUT2D eigenvalue weighted by Crippen LogP contribution is -2.17. The summed E-state index contributed by atoms with van der Waals surface area (Å²) in [4.78, 5) is 22.5. The zero-order chi connectivity index (χ0) is 19.5. The van der Waals surface area contributed by atoms with E-state index in [4.69, 9.17) is 4.98 Å². The first kappa shape index (κ1) is 18.8. The minimum Gasteiger partial charge on any atom is -0.351 e. The number of nitrogens with zero attached hydrogens (tertiary/aromatic N) is 2. The van der Waals surface area contributed by atoms with Gasteiger partial charge in [-0.2, -0.15) is 0 Å². The Morgan fingerprint density at radius 2 is 1.86 bits per heavy atom. The van der Waals surface area contributed by atoms with Crippen molar-refractivity contribution >= 4 is 50.7 Å². The second kappa shape index (κ2) is 8.22. The van der Waals surface area contributed by atoms with Crippen LogP contribution in [-0.4, -0.2) is 15.9 Å². The third kappa shape index (κ3) is 4.46. The van der Waals surface area contributed by atoms with Crippen LogP contribution in [0.5, 0.6) is 0 Å². The molecule has 4 rings (SSSR count). The van der Waals surface area contributed by atoms with Gasteiger partial charge in [0.1, 0.15) is 5.01 Å². The van der Waals surface area contributed by atoms with Crippen LogP contribution >= 0.6 is 34.0 Å². The summed E-state index contributed by atoms with van der Waals surface area (Å²) in [5.74, 6) is -0.0196. The molecular weight excluding hydrogens is 408 g/mol. The third-order valence-electron chi connectivity index (χ3n) is 3.93. The molecule has 28 heavy (non-hydrogen) atoms. The lowest BCUT2D eigenvalue weighted by molar-refractivity contribution is -0.119. The number of thiazole rings is 2. The maximum atomic E-state index is 11.1. The second-order valence-electron chi connectivity index (χ2n) is 6.21. The zero-order valence-electron chi connectivity index (χ0n) is 15.4. The molecule has 0 unspecified atom stereocenters. The lowest BCUT2D eigenvalue weighted by Gasteiger charge is -2.03. The summed E-state index contributed by atoms with van der Waals surface area (Å²) < 4.78 is 0. The highest BCUT2D eigenvalue weighted by molar-refractivity contribution is 7.16. The van der Waals surface area contributed by atoms with Gasteiger partial charge in [0.15, 0.2) is 5.13 Å². The monoisotopic (exact) mass is 426 g/mol. The number of carbonyl (C=O) groups excluding carboxylic acids is 1. The molecule has 3 heterocycles. The summed E-state index contributed by atoms with van der Waals surface area (Å²) in [6.07, 6.45) is 0. The van der Waals surface area contributed by atoms with E-state index in [0.717, 1.165) is 42.5 Å². The van der Waals surface area contributed by atoms with Gasteiger partial charge < -0.3 is 10.6 Å². The van der Waals surface area contributed by atoms with Gasteiger partial charge in [0.25, 0.3) is 0 Å². The van der Waals surface area contributed by atoms with Crippen LogP contribution in [-0.2, 0) is 11.3 Å². The Labute approximate surface area is 175 Å². The Bertz CT molecular complexity index is 1090. The highest BCUT2D eigenvalue weighted by atomic mass is 32.1. The van der Waals surface area contributed by atoms with Crippen LogP contribution in [0.1, 0.15) is 17.5 Å². The number of hydrogen-bond donors (Lipinski definition) is 2. The molecular formula is C20H18N4OS3. The van der Waals surface area contributed by atoms with Crippen molar-refractivity contribution in [3.05, 3.63) is 57.7 Å². The molecule has 5 nitrogen and oxygen atoms in total. The molecule has 1 aromatic carbocycles. The summed E-state index contributed by atoms with van der Waals surface area (Å²) in [7, 11) is 0. The predicted molar refractivity (Wildman–Crippen MR) is 119 cm³/mol. The smallest absolute Gasteiger partial charge is 0.217 e. The number of amides is 1. The zero-order valence-corrected chi connectivity index (χ0v) is 17.8. The second-order valence-corrected chi connectivity index (χ2v) is 9.09. The van der Waals surface area contributed by atoms with Crippen LogP contribution in [0.4, 0.5) is 10.8 Å². The average Bonchev–Trinajstić information content (AvgIpc) is 3.41. The summed E-state index contributed by atoms with van der Waals surface area (Å²) in [6, 6.07) is 12.3. The van der Waals surface area contributed by atoms with Gasteiger partial charge >= 0.3 is 0 Å². The molecule has 4 aromatic rings. The lowest BCUT2D eigenvalue weighted by atomic mass is 10.2. The van der Waals surface area contributed by atoms with Crippen molar-refractivity contribution < 1.29 is 4.79 Å². The van der Waals surface area contributed by atoms with Crippen LogP contribution in [0.15, 0.2) is 47.2 Å². The Kier molecular flexibility index (Phi) is 5.52. The molecule has 2 N–H and O–H groups in total. The van der Waals surface area contributed by atoms with Gasteiger partial charge in [-0.3, -0.25) is 4.79 Å². The van der Waals surface area contributed by atoms with Crippen molar-refractivity contribution in [3.8, 4) is 21.1 Å². The van der Waals surface area contributed by atoms with Crippen LogP contribution < -0.4 is 10.6 Å². The number of hydrogen-bond acceptors (Lipinski definition) is 7. The summed E-state index contributed by atoms with van der Waals surface area (Å²) in [5.41, 5.74) is 4.09. The number of benzene rings is 1. The molecule has 0 saturated carbocycles. The van der Waals surface area contributed by atoms with E-state index in [1.165, 1.54) is 6.92 Å². The molecule has 0 aliphatic rings. The molecule has 0 aliphatic heterocycles. The molecule has 8 heteroatoms. The fraction of sp³-hybridized carbons (Fsp3) is 0.150. The van der Waals surface area contributed by atoms with E-state index in [1.807, 2.05) is 30.5 Å². The van der Waals surface area contributed by atoms with Crippen molar-refractivity contribution in [3.63, 3.8) is 0 Å². The molecule has 0 bridgehead atoms. The van der Waals surface area contributed by atoms with Crippen LogP contribution in [0, 0.1) is 6.92 Å². The Morgan fingerprint density at radius 1 is 1.04 bits per heavy atom. The molecule has 0 radical (unpaired) electrons. The van der Waals surface area contributed by atoms with Crippen LogP contribution in [0.25, 0.3) is 21.1 Å². The Balaban J connectivity index is 1.46. The Hall–Kier alpha value is -2.55. The number of aromatic nitrogens is 2. The molecule has 0 fully saturated rings. The highest BCUT2D eigenvalue weighted by Crippen LogP contribution is 2.33. The summed E-state index contributed by atoms with van der Waals surface area (Å²) in [5, 5.41) is 12.1. The normalized spacial score (nSPS) is 10.8. The largest absolute Gasteiger partial charge is 0.351 e. The molecule has 142 valence electrons. The minimum atomic E-state index is -0.0196. The first-order valence-corrected chi connectivity index (χ1v) is 11.2. The van der Waals surface area contributed by atoms with Gasteiger partial charge in [-0.05, 0) is 43.3 Å². The number of rotatable bonds is 6. The highest BCUT2D eigenvalue weighted by Gasteiger charge is 2.10. The summed E-state index contributed by atoms with van der Waals surface area (Å²) >= 11 is 4.89. The van der Waals surface area contributed by atoms with E-state index in [-0.39, 0.29) is 5.91 Å². The van der Waals surface area contributed by atoms with Gasteiger partial charge in [0.2, 0.25) is 5.91 Å². The third-order valence-corrected chi connectivity index (χ3v) is 6.81. The number of carbonyl (C=O) groups is 1. The standard InChI is InChI=1S/C20H18N4OS3/c1-12-10-27-20(22-12)23-15-5-3-14(4-6-15)19-24-17(11-26-19)18-8-7-16(28-18)9-21-13(2)25/h3-8,10-11H,9H2,1-2H3,(H,21,25)(H,22,23). The quantitative estimate of drug-likeness (QED) is 0.416. The van der Waals surface area contributed by atoms with Gasteiger partial charge in [-0.15, -0.1) is 34.0 Å². The van der Waals surface area contributed by atoms with E-state index in [1.54, 1.807) is 34.0 Å². The Morgan fingerprint density at radius 3 is 2.57 bits per heavy atom. The molecule has 0 aliphatic carbocycles. The van der Waals surface area contributed by atoms with E-state index in [0.29, 0.717) is 6.54 Å². The van der Waals surface area contributed by atoms with Crippen molar-refractivity contribution in [2.24, 2.45) is 0 Å². The first-order chi connectivity index (χ1) is 13.6. The molecule has 0 atom stereocenters. The van der Waals surface area contributed by atoms with Crippen molar-refractivity contribution in [2.75, 3.05) is 5.32 Å². The molecule has 0 spiro atoms. The first-order valence-electron chi connectivity index (χ1n) is 8.65. The minimum absolute atomic E-state index is 0.0196. The summed E-state index contributed by atoms with van der Waals surface area (Å²) in [6.45, 7) is 4.07. The SMILES string of the molecule is CC(=O)NCc1ccc(-c2csc(-c3ccc(Nc4nc(C)cs4)cc3)n2)s1. The topological polar surface area (TPSA) is 66.9 Å². The number of thiophene rings is 1. The van der Waals surface area contributed by atoms with Crippen LogP contribution in [0.2, 0.25) is 0 Å². The average molecular weight is 427 g/mol. The molecule has 3 aromatic heterocycles. The van der Waals surface area contributed by atoms with Crippen molar-refractivity contribution in [1.29, 1.82) is 0 Å². The van der Waals surface area contributed by atoms with E-state index in [9.17, 15) is 4.79 Å². The number of anilines is 2. The van der Waals surface area contributed by atoms with Gasteiger partial charge in [0.05, 0.1) is 22.8 Å². The molecule has 1 amide bonds. The van der Waals surface area contributed by atoms with Crippen molar-refractivity contribution in [2.45, 2.75) is 20.4 Å².